The van der Waals surface area contributed by atoms with Crippen LogP contribution in [0, 0.1) is 0 Å². The normalized spacial score (nSPS) is 18.6. The fourth-order valence-corrected chi connectivity index (χ4v) is 6.01. The van der Waals surface area contributed by atoms with Crippen molar-refractivity contribution in [2.45, 2.75) is 57.5 Å². The number of thioether (sulfide) groups is 1. The molecule has 2 aliphatic heterocycles. The van der Waals surface area contributed by atoms with Gasteiger partial charge in [-0.25, -0.2) is 0 Å². The van der Waals surface area contributed by atoms with E-state index in [1.54, 1.807) is 11.8 Å². The number of carbonyl (C=O) groups excluding carboxylic acids is 1. The van der Waals surface area contributed by atoms with Crippen LogP contribution in [0.2, 0.25) is 0 Å². The third kappa shape index (κ3) is 7.42. The minimum absolute atomic E-state index is 0.0128. The van der Waals surface area contributed by atoms with Crippen LogP contribution < -0.4 is 14.4 Å². The SMILES string of the molecule is CCCSc1nc(OC[C@H]2COC(C)(C)O2)nc(N2CCN(C(=O)COc3ccc4ccccc4c3)CC2)c1CC. The molecule has 0 unspecified atom stereocenters. The minimum atomic E-state index is -0.605. The van der Waals surface area contributed by atoms with Crippen molar-refractivity contribution >= 4 is 34.3 Å². The molecular formula is C31H40N4O5S. The number of benzene rings is 2. The first-order valence-electron chi connectivity index (χ1n) is 14.5. The fraction of sp³-hybridized carbons (Fsp3) is 0.516. The van der Waals surface area contributed by atoms with Crippen LogP contribution in [-0.4, -0.2) is 84.4 Å². The highest BCUT2D eigenvalue weighted by Crippen LogP contribution is 2.32. The highest BCUT2D eigenvalue weighted by Gasteiger charge is 2.33. The van der Waals surface area contributed by atoms with Crippen LogP contribution in [0.1, 0.15) is 39.7 Å². The second kappa shape index (κ2) is 13.3. The van der Waals surface area contributed by atoms with E-state index < -0.39 is 5.79 Å². The summed E-state index contributed by atoms with van der Waals surface area (Å²) in [6.45, 7) is 11.5. The number of rotatable bonds is 11. The van der Waals surface area contributed by atoms with Crippen molar-refractivity contribution in [3.63, 3.8) is 0 Å². The number of hydrogen-bond acceptors (Lipinski definition) is 9. The smallest absolute Gasteiger partial charge is 0.319 e. The van der Waals surface area contributed by atoms with Crippen LogP contribution in [0.15, 0.2) is 47.5 Å². The number of piperazine rings is 1. The van der Waals surface area contributed by atoms with Crippen molar-refractivity contribution in [1.29, 1.82) is 0 Å². The molecule has 2 aromatic carbocycles. The molecule has 220 valence electrons. The molecule has 0 aliphatic carbocycles. The average molecular weight is 581 g/mol. The lowest BCUT2D eigenvalue weighted by molar-refractivity contribution is -0.141. The molecule has 0 spiro atoms. The number of ether oxygens (including phenoxy) is 4. The molecule has 10 heteroatoms. The van der Waals surface area contributed by atoms with Crippen molar-refractivity contribution in [2.75, 3.05) is 56.7 Å². The first-order chi connectivity index (χ1) is 19.8. The second-order valence-corrected chi connectivity index (χ2v) is 11.8. The van der Waals surface area contributed by atoms with E-state index >= 15 is 0 Å². The number of aromatic nitrogens is 2. The lowest BCUT2D eigenvalue weighted by Gasteiger charge is -2.36. The van der Waals surface area contributed by atoms with Gasteiger partial charge in [-0.15, -0.1) is 11.8 Å². The van der Waals surface area contributed by atoms with E-state index in [1.807, 2.05) is 55.1 Å². The van der Waals surface area contributed by atoms with Crippen LogP contribution >= 0.6 is 11.8 Å². The van der Waals surface area contributed by atoms with Crippen LogP contribution in [0.3, 0.4) is 0 Å². The number of hydrogen-bond donors (Lipinski definition) is 0. The van der Waals surface area contributed by atoms with Gasteiger partial charge in [-0.2, -0.15) is 9.97 Å². The van der Waals surface area contributed by atoms with Gasteiger partial charge < -0.3 is 28.7 Å². The Kier molecular flexibility index (Phi) is 9.52. The van der Waals surface area contributed by atoms with E-state index in [1.165, 1.54) is 0 Å². The zero-order chi connectivity index (χ0) is 28.8. The molecule has 1 atom stereocenters. The van der Waals surface area contributed by atoms with Gasteiger partial charge in [-0.1, -0.05) is 44.2 Å². The van der Waals surface area contributed by atoms with Gasteiger partial charge >= 0.3 is 6.01 Å². The zero-order valence-electron chi connectivity index (χ0n) is 24.4. The van der Waals surface area contributed by atoms with Crippen molar-refractivity contribution in [1.82, 2.24) is 14.9 Å². The predicted molar refractivity (Wildman–Crippen MR) is 161 cm³/mol. The second-order valence-electron chi connectivity index (χ2n) is 10.7. The summed E-state index contributed by atoms with van der Waals surface area (Å²) in [5, 5.41) is 3.20. The van der Waals surface area contributed by atoms with E-state index in [4.69, 9.17) is 28.9 Å². The molecule has 1 aromatic heterocycles. The Bertz CT molecular complexity index is 1350. The van der Waals surface area contributed by atoms with Crippen LogP contribution in [0.25, 0.3) is 10.8 Å². The van der Waals surface area contributed by atoms with Gasteiger partial charge in [0.15, 0.2) is 12.4 Å². The molecule has 3 heterocycles. The molecule has 1 amide bonds. The predicted octanol–water partition coefficient (Wildman–Crippen LogP) is 4.95. The van der Waals surface area contributed by atoms with E-state index in [-0.39, 0.29) is 18.6 Å². The topological polar surface area (TPSA) is 86.3 Å². The first kappa shape index (κ1) is 29.4. The Hall–Kier alpha value is -3.08. The molecule has 0 N–H and O–H groups in total. The van der Waals surface area contributed by atoms with E-state index in [2.05, 4.69) is 24.8 Å². The maximum Gasteiger partial charge on any atom is 0.319 e. The maximum atomic E-state index is 13.0. The molecule has 3 aromatic rings. The molecule has 2 saturated heterocycles. The third-order valence-electron chi connectivity index (χ3n) is 7.20. The van der Waals surface area contributed by atoms with Gasteiger partial charge in [0, 0.05) is 31.7 Å². The van der Waals surface area contributed by atoms with Crippen LogP contribution in [0.5, 0.6) is 11.8 Å². The van der Waals surface area contributed by atoms with Crippen LogP contribution in [0.4, 0.5) is 5.82 Å². The van der Waals surface area contributed by atoms with Gasteiger partial charge in [0.25, 0.3) is 5.91 Å². The molecular weight excluding hydrogens is 540 g/mol. The van der Waals surface area contributed by atoms with Crippen molar-refractivity contribution in [2.24, 2.45) is 0 Å². The highest BCUT2D eigenvalue weighted by molar-refractivity contribution is 7.99. The monoisotopic (exact) mass is 580 g/mol. The summed E-state index contributed by atoms with van der Waals surface area (Å²) in [6, 6.07) is 14.4. The number of fused-ring (bicyclic) bond motifs is 1. The Labute approximate surface area is 246 Å². The Morgan fingerprint density at radius 2 is 1.83 bits per heavy atom. The van der Waals surface area contributed by atoms with Crippen molar-refractivity contribution < 1.29 is 23.7 Å². The van der Waals surface area contributed by atoms with Gasteiger partial charge in [-0.3, -0.25) is 4.79 Å². The number of carbonyl (C=O) groups is 1. The lowest BCUT2D eigenvalue weighted by atomic mass is 10.1. The van der Waals surface area contributed by atoms with Crippen LogP contribution in [-0.2, 0) is 20.7 Å². The van der Waals surface area contributed by atoms with Gasteiger partial charge in [0.05, 0.1) is 6.61 Å². The summed E-state index contributed by atoms with van der Waals surface area (Å²) in [7, 11) is 0. The Morgan fingerprint density at radius 1 is 1.05 bits per heavy atom. The molecule has 9 nitrogen and oxygen atoms in total. The Balaban J connectivity index is 1.22. The minimum Gasteiger partial charge on any atom is -0.484 e. The van der Waals surface area contributed by atoms with Crippen molar-refractivity contribution in [3.8, 4) is 11.8 Å². The van der Waals surface area contributed by atoms with Gasteiger partial charge in [0.1, 0.15) is 29.3 Å². The van der Waals surface area contributed by atoms with Gasteiger partial charge in [-0.05, 0) is 55.3 Å². The summed E-state index contributed by atoms with van der Waals surface area (Å²) in [4.78, 5) is 26.7. The average Bonchev–Trinajstić information content (AvgIpc) is 3.35. The van der Waals surface area contributed by atoms with E-state index in [0.717, 1.165) is 45.8 Å². The largest absolute Gasteiger partial charge is 0.484 e. The van der Waals surface area contributed by atoms with Crippen molar-refractivity contribution in [3.05, 3.63) is 48.0 Å². The third-order valence-corrected chi connectivity index (χ3v) is 8.43. The molecule has 0 bridgehead atoms. The number of amides is 1. The molecule has 0 saturated carbocycles. The standard InChI is InChI=1S/C31H40N4O5S/c1-5-17-41-29-26(6-2)28(32-30(33-29)38-19-25-20-39-31(3,4)40-25)35-15-13-34(14-16-35)27(36)21-37-24-12-11-22-9-7-8-10-23(22)18-24/h7-12,18,25H,5-6,13-17,19-21H2,1-4H3/t25-/m0/s1. The lowest BCUT2D eigenvalue weighted by Crippen LogP contribution is -2.50. The summed E-state index contributed by atoms with van der Waals surface area (Å²) in [5.74, 6) is 1.94. The summed E-state index contributed by atoms with van der Waals surface area (Å²) >= 11 is 1.74. The molecule has 2 aliphatic rings. The fourth-order valence-electron chi connectivity index (χ4n) is 5.06. The molecule has 41 heavy (non-hydrogen) atoms. The highest BCUT2D eigenvalue weighted by atomic mass is 32.2. The summed E-state index contributed by atoms with van der Waals surface area (Å²) in [6.07, 6.45) is 1.70. The number of nitrogens with zero attached hydrogens (tertiary/aromatic N) is 4. The molecule has 5 rings (SSSR count). The molecule has 2 fully saturated rings. The molecule has 0 radical (unpaired) electrons. The van der Waals surface area contributed by atoms with E-state index in [0.29, 0.717) is 51.2 Å². The summed E-state index contributed by atoms with van der Waals surface area (Å²) in [5.41, 5.74) is 1.12. The number of anilines is 1. The summed E-state index contributed by atoms with van der Waals surface area (Å²) < 4.78 is 23.5. The first-order valence-corrected chi connectivity index (χ1v) is 15.5. The quantitative estimate of drug-likeness (QED) is 0.231. The Morgan fingerprint density at radius 3 is 2.54 bits per heavy atom. The zero-order valence-corrected chi connectivity index (χ0v) is 25.2. The van der Waals surface area contributed by atoms with E-state index in [9.17, 15) is 4.79 Å². The van der Waals surface area contributed by atoms with Gasteiger partial charge in [0.2, 0.25) is 0 Å². The maximum absolute atomic E-state index is 13.0.